The number of aliphatic hydroxyl groups excluding tert-OH is 1. The normalized spacial score (nSPS) is 14.3. The molecule has 2 atom stereocenters. The molecule has 0 aromatic heterocycles. The first-order valence-electron chi connectivity index (χ1n) is 5.89. The van der Waals surface area contributed by atoms with Crippen molar-refractivity contribution in [3.8, 4) is 5.75 Å². The Kier molecular flexibility index (Phi) is 5.80. The van der Waals surface area contributed by atoms with Gasteiger partial charge < -0.3 is 20.3 Å². The van der Waals surface area contributed by atoms with Gasteiger partial charge in [0.2, 0.25) is 0 Å². The Morgan fingerprint density at radius 2 is 1.88 bits per heavy atom. The average molecular weight is 239 g/mol. The topological polar surface area (TPSA) is 64.7 Å². The lowest BCUT2D eigenvalue weighted by Crippen LogP contribution is -2.25. The molecule has 2 unspecified atom stereocenters. The maximum atomic E-state index is 9.63. The molecule has 0 aliphatic heterocycles. The smallest absolute Gasteiger partial charge is 0.119 e. The largest absolute Gasteiger partial charge is 0.491 e. The first-order valence-corrected chi connectivity index (χ1v) is 5.89. The van der Waals surface area contributed by atoms with Gasteiger partial charge in [-0.15, -0.1) is 0 Å². The van der Waals surface area contributed by atoms with Gasteiger partial charge in [-0.3, -0.25) is 0 Å². The van der Waals surface area contributed by atoms with E-state index in [0.29, 0.717) is 18.0 Å². The SMILES string of the molecule is CCC(C)OCC(O)COc1ccc(N)cc1. The number of benzene rings is 1. The zero-order valence-electron chi connectivity index (χ0n) is 10.4. The first kappa shape index (κ1) is 13.8. The molecule has 0 saturated carbocycles. The molecular weight excluding hydrogens is 218 g/mol. The highest BCUT2D eigenvalue weighted by molar-refractivity contribution is 5.41. The van der Waals surface area contributed by atoms with Gasteiger partial charge in [0.1, 0.15) is 18.5 Å². The fourth-order valence-corrected chi connectivity index (χ4v) is 1.20. The van der Waals surface area contributed by atoms with Crippen molar-refractivity contribution in [2.45, 2.75) is 32.5 Å². The van der Waals surface area contributed by atoms with E-state index < -0.39 is 6.10 Å². The highest BCUT2D eigenvalue weighted by Crippen LogP contribution is 2.13. The number of hydrogen-bond acceptors (Lipinski definition) is 4. The molecule has 1 rings (SSSR count). The summed E-state index contributed by atoms with van der Waals surface area (Å²) in [4.78, 5) is 0. The molecule has 3 N–H and O–H groups in total. The molecule has 17 heavy (non-hydrogen) atoms. The van der Waals surface area contributed by atoms with Crippen molar-refractivity contribution < 1.29 is 14.6 Å². The number of rotatable bonds is 7. The lowest BCUT2D eigenvalue weighted by atomic mass is 10.3. The summed E-state index contributed by atoms with van der Waals surface area (Å²) < 4.78 is 10.8. The molecule has 0 amide bonds. The molecule has 0 heterocycles. The van der Waals surface area contributed by atoms with E-state index in [1.807, 2.05) is 13.8 Å². The van der Waals surface area contributed by atoms with Crippen LogP contribution >= 0.6 is 0 Å². The van der Waals surface area contributed by atoms with Gasteiger partial charge >= 0.3 is 0 Å². The van der Waals surface area contributed by atoms with Crippen molar-refractivity contribution in [3.05, 3.63) is 24.3 Å². The second-order valence-corrected chi connectivity index (χ2v) is 4.09. The van der Waals surface area contributed by atoms with Crippen molar-refractivity contribution in [2.75, 3.05) is 18.9 Å². The molecule has 4 nitrogen and oxygen atoms in total. The summed E-state index contributed by atoms with van der Waals surface area (Å²) in [5.74, 6) is 0.696. The van der Waals surface area contributed by atoms with Gasteiger partial charge in [-0.05, 0) is 37.6 Å². The Morgan fingerprint density at radius 3 is 2.47 bits per heavy atom. The molecule has 0 aliphatic rings. The fourth-order valence-electron chi connectivity index (χ4n) is 1.20. The number of anilines is 1. The minimum atomic E-state index is -0.610. The summed E-state index contributed by atoms with van der Waals surface area (Å²) in [6.07, 6.45) is 0.494. The van der Waals surface area contributed by atoms with E-state index in [4.69, 9.17) is 15.2 Å². The van der Waals surface area contributed by atoms with Crippen LogP contribution in [0, 0.1) is 0 Å². The summed E-state index contributed by atoms with van der Waals surface area (Å²) in [5, 5.41) is 9.63. The summed E-state index contributed by atoms with van der Waals surface area (Å²) in [7, 11) is 0. The third kappa shape index (κ3) is 5.56. The molecule has 1 aromatic carbocycles. The molecule has 0 fully saturated rings. The highest BCUT2D eigenvalue weighted by Gasteiger charge is 2.07. The number of hydrogen-bond donors (Lipinski definition) is 2. The maximum Gasteiger partial charge on any atom is 0.119 e. The third-order valence-electron chi connectivity index (χ3n) is 2.47. The van der Waals surface area contributed by atoms with E-state index in [1.165, 1.54) is 0 Å². The van der Waals surface area contributed by atoms with Crippen molar-refractivity contribution in [3.63, 3.8) is 0 Å². The predicted molar refractivity (Wildman–Crippen MR) is 68.1 cm³/mol. The maximum absolute atomic E-state index is 9.63. The molecule has 0 saturated heterocycles. The van der Waals surface area contributed by atoms with Gasteiger partial charge in [-0.2, -0.15) is 0 Å². The van der Waals surface area contributed by atoms with E-state index in [1.54, 1.807) is 24.3 Å². The van der Waals surface area contributed by atoms with Crippen molar-refractivity contribution in [1.82, 2.24) is 0 Å². The van der Waals surface area contributed by atoms with Crippen molar-refractivity contribution in [1.29, 1.82) is 0 Å². The Bertz CT molecular complexity index is 313. The third-order valence-corrected chi connectivity index (χ3v) is 2.47. The number of aliphatic hydroxyl groups is 1. The van der Waals surface area contributed by atoms with Crippen LogP contribution in [-0.4, -0.2) is 30.5 Å². The second kappa shape index (κ2) is 7.14. The van der Waals surface area contributed by atoms with Gasteiger partial charge in [0.25, 0.3) is 0 Å². The van der Waals surface area contributed by atoms with Crippen LogP contribution in [0.2, 0.25) is 0 Å². The van der Waals surface area contributed by atoms with Crippen LogP contribution in [0.4, 0.5) is 5.69 Å². The molecule has 1 aromatic rings. The first-order chi connectivity index (χ1) is 8.11. The van der Waals surface area contributed by atoms with Gasteiger partial charge in [0.15, 0.2) is 0 Å². The highest BCUT2D eigenvalue weighted by atomic mass is 16.5. The second-order valence-electron chi connectivity index (χ2n) is 4.09. The van der Waals surface area contributed by atoms with Crippen molar-refractivity contribution in [2.24, 2.45) is 0 Å². The molecule has 0 aliphatic carbocycles. The summed E-state index contributed by atoms with van der Waals surface area (Å²) in [6, 6.07) is 7.07. The number of nitrogens with two attached hydrogens (primary N) is 1. The van der Waals surface area contributed by atoms with E-state index in [-0.39, 0.29) is 12.7 Å². The van der Waals surface area contributed by atoms with Crippen molar-refractivity contribution >= 4 is 5.69 Å². The van der Waals surface area contributed by atoms with Gasteiger partial charge in [-0.1, -0.05) is 6.92 Å². The lowest BCUT2D eigenvalue weighted by Gasteiger charge is -2.15. The molecule has 0 bridgehead atoms. The number of ether oxygens (including phenoxy) is 2. The zero-order valence-corrected chi connectivity index (χ0v) is 10.4. The monoisotopic (exact) mass is 239 g/mol. The summed E-state index contributed by atoms with van der Waals surface area (Å²) in [6.45, 7) is 4.54. The van der Waals surface area contributed by atoms with Gasteiger partial charge in [0.05, 0.1) is 12.7 Å². The summed E-state index contributed by atoms with van der Waals surface area (Å²) in [5.41, 5.74) is 6.25. The molecule has 0 spiro atoms. The van der Waals surface area contributed by atoms with E-state index in [2.05, 4.69) is 0 Å². The van der Waals surface area contributed by atoms with Crippen LogP contribution in [0.25, 0.3) is 0 Å². The predicted octanol–water partition coefficient (Wildman–Crippen LogP) is 1.82. The molecule has 96 valence electrons. The minimum Gasteiger partial charge on any atom is -0.491 e. The minimum absolute atomic E-state index is 0.168. The van der Waals surface area contributed by atoms with Crippen LogP contribution < -0.4 is 10.5 Å². The molecule has 4 heteroatoms. The van der Waals surface area contributed by atoms with E-state index >= 15 is 0 Å². The lowest BCUT2D eigenvalue weighted by molar-refractivity contribution is -0.0192. The standard InChI is InChI=1S/C13H21NO3/c1-3-10(2)16-8-12(15)9-17-13-6-4-11(14)5-7-13/h4-7,10,12,15H,3,8-9,14H2,1-2H3. The average Bonchev–Trinajstić information content (AvgIpc) is 2.35. The van der Waals surface area contributed by atoms with Gasteiger partial charge in [0, 0.05) is 5.69 Å². The fraction of sp³-hybridized carbons (Fsp3) is 0.538. The van der Waals surface area contributed by atoms with E-state index in [0.717, 1.165) is 6.42 Å². The van der Waals surface area contributed by atoms with Crippen LogP contribution in [0.15, 0.2) is 24.3 Å². The van der Waals surface area contributed by atoms with Crippen LogP contribution in [0.3, 0.4) is 0 Å². The number of nitrogen functional groups attached to an aromatic ring is 1. The van der Waals surface area contributed by atoms with Crippen LogP contribution in [0.1, 0.15) is 20.3 Å². The molecule has 0 radical (unpaired) electrons. The molecular formula is C13H21NO3. The van der Waals surface area contributed by atoms with Crippen LogP contribution in [0.5, 0.6) is 5.75 Å². The Morgan fingerprint density at radius 1 is 1.24 bits per heavy atom. The van der Waals surface area contributed by atoms with E-state index in [9.17, 15) is 5.11 Å². The van der Waals surface area contributed by atoms with Gasteiger partial charge in [-0.25, -0.2) is 0 Å². The van der Waals surface area contributed by atoms with Crippen LogP contribution in [-0.2, 0) is 4.74 Å². The zero-order chi connectivity index (χ0) is 12.7. The summed E-state index contributed by atoms with van der Waals surface area (Å²) >= 11 is 0. The Labute approximate surface area is 102 Å². The quantitative estimate of drug-likeness (QED) is 0.712. The Balaban J connectivity index is 2.23. The Hall–Kier alpha value is -1.26.